The molecular formula is C16H27BrN2O2. The van der Waals surface area contributed by atoms with Crippen molar-refractivity contribution in [2.24, 2.45) is 11.3 Å². The van der Waals surface area contributed by atoms with E-state index >= 15 is 0 Å². The zero-order chi connectivity index (χ0) is 15.7. The Bertz CT molecular complexity index is 471. The predicted molar refractivity (Wildman–Crippen MR) is 87.1 cm³/mol. The van der Waals surface area contributed by atoms with Gasteiger partial charge < -0.3 is 9.84 Å². The molecular weight excluding hydrogens is 332 g/mol. The van der Waals surface area contributed by atoms with Crippen LogP contribution in [0.15, 0.2) is 10.7 Å². The summed E-state index contributed by atoms with van der Waals surface area (Å²) in [6.07, 6.45) is 5.49. The van der Waals surface area contributed by atoms with Crippen molar-refractivity contribution < 1.29 is 9.84 Å². The molecule has 0 radical (unpaired) electrons. The highest BCUT2D eigenvalue weighted by Crippen LogP contribution is 2.46. The number of hydrogen-bond donors (Lipinski definition) is 1. The lowest BCUT2D eigenvalue weighted by Gasteiger charge is -2.41. The van der Waals surface area contributed by atoms with Crippen molar-refractivity contribution >= 4 is 15.9 Å². The Hall–Kier alpha value is -0.390. The summed E-state index contributed by atoms with van der Waals surface area (Å²) in [4.78, 5) is 0. The van der Waals surface area contributed by atoms with Gasteiger partial charge in [0.05, 0.1) is 29.5 Å². The quantitative estimate of drug-likeness (QED) is 0.891. The summed E-state index contributed by atoms with van der Waals surface area (Å²) in [6, 6.07) is 0. The second-order valence-electron chi connectivity index (χ2n) is 7.23. The molecule has 0 aromatic carbocycles. The van der Waals surface area contributed by atoms with Gasteiger partial charge in [0.2, 0.25) is 0 Å². The maximum absolute atomic E-state index is 11.1. The van der Waals surface area contributed by atoms with Crippen molar-refractivity contribution in [3.8, 4) is 0 Å². The van der Waals surface area contributed by atoms with E-state index in [-0.39, 0.29) is 0 Å². The third kappa shape index (κ3) is 3.69. The molecule has 4 nitrogen and oxygen atoms in total. The normalized spacial score (nSPS) is 27.0. The molecule has 120 valence electrons. The summed E-state index contributed by atoms with van der Waals surface area (Å²) in [7, 11) is 1.68. The Kier molecular flexibility index (Phi) is 5.16. The molecule has 1 N–H and O–H groups in total. The van der Waals surface area contributed by atoms with Crippen LogP contribution in [0.3, 0.4) is 0 Å². The number of nitrogens with zero attached hydrogens (tertiary/aromatic N) is 2. The minimum atomic E-state index is -0.773. The lowest BCUT2D eigenvalue weighted by molar-refractivity contribution is -0.0375. The molecule has 5 heteroatoms. The molecule has 0 spiro atoms. The predicted octanol–water partition coefficient (Wildman–Crippen LogP) is 3.72. The number of methoxy groups -OCH3 is 1. The second-order valence-corrected chi connectivity index (χ2v) is 8.08. The Morgan fingerprint density at radius 2 is 2.05 bits per heavy atom. The topological polar surface area (TPSA) is 47.3 Å². The van der Waals surface area contributed by atoms with Gasteiger partial charge in [0.25, 0.3) is 0 Å². The fourth-order valence-corrected chi connectivity index (χ4v) is 4.04. The van der Waals surface area contributed by atoms with Crippen LogP contribution in [0.25, 0.3) is 0 Å². The van der Waals surface area contributed by atoms with Gasteiger partial charge in [-0.3, -0.25) is 4.68 Å². The summed E-state index contributed by atoms with van der Waals surface area (Å²) in [6.45, 7) is 8.15. The SMILES string of the molecule is COCCn1ncc(Br)c1C1(O)CCC(C(C)(C)C)CC1. The van der Waals surface area contributed by atoms with Crippen LogP contribution in [0, 0.1) is 11.3 Å². The van der Waals surface area contributed by atoms with Gasteiger partial charge in [0.15, 0.2) is 0 Å². The molecule has 1 fully saturated rings. The third-order valence-electron chi connectivity index (χ3n) is 4.78. The summed E-state index contributed by atoms with van der Waals surface area (Å²) in [5, 5.41) is 15.5. The fraction of sp³-hybridized carbons (Fsp3) is 0.812. The summed E-state index contributed by atoms with van der Waals surface area (Å²) >= 11 is 3.55. The van der Waals surface area contributed by atoms with E-state index in [0.29, 0.717) is 24.5 Å². The number of aromatic nitrogens is 2. The van der Waals surface area contributed by atoms with Crippen molar-refractivity contribution in [1.29, 1.82) is 0 Å². The Morgan fingerprint density at radius 3 is 2.57 bits per heavy atom. The molecule has 0 atom stereocenters. The molecule has 0 aliphatic heterocycles. The largest absolute Gasteiger partial charge is 0.384 e. The van der Waals surface area contributed by atoms with Gasteiger partial charge in [-0.15, -0.1) is 0 Å². The number of ether oxygens (including phenoxy) is 1. The smallest absolute Gasteiger partial charge is 0.107 e. The van der Waals surface area contributed by atoms with Gasteiger partial charge in [0.1, 0.15) is 5.60 Å². The second kappa shape index (κ2) is 6.39. The molecule has 1 aromatic heterocycles. The monoisotopic (exact) mass is 358 g/mol. The lowest BCUT2D eigenvalue weighted by Crippen LogP contribution is -2.37. The van der Waals surface area contributed by atoms with Gasteiger partial charge >= 0.3 is 0 Å². The molecule has 2 rings (SSSR count). The number of hydrogen-bond acceptors (Lipinski definition) is 3. The van der Waals surface area contributed by atoms with Crippen molar-refractivity contribution in [2.75, 3.05) is 13.7 Å². The summed E-state index contributed by atoms with van der Waals surface area (Å²) < 4.78 is 7.91. The van der Waals surface area contributed by atoms with Crippen LogP contribution in [0.1, 0.15) is 52.1 Å². The van der Waals surface area contributed by atoms with Gasteiger partial charge in [-0.2, -0.15) is 5.10 Å². The number of halogens is 1. The average Bonchev–Trinajstić information content (AvgIpc) is 2.77. The van der Waals surface area contributed by atoms with E-state index in [2.05, 4.69) is 41.8 Å². The van der Waals surface area contributed by atoms with Crippen molar-refractivity contribution in [1.82, 2.24) is 9.78 Å². The van der Waals surface area contributed by atoms with Crippen LogP contribution in [0.4, 0.5) is 0 Å². The first-order chi connectivity index (χ1) is 9.78. The molecule has 0 unspecified atom stereocenters. The number of aliphatic hydroxyl groups is 1. The van der Waals surface area contributed by atoms with E-state index in [4.69, 9.17) is 4.74 Å². The highest BCUT2D eigenvalue weighted by Gasteiger charge is 2.41. The first-order valence-corrected chi connectivity index (χ1v) is 8.50. The minimum Gasteiger partial charge on any atom is -0.384 e. The van der Waals surface area contributed by atoms with Crippen LogP contribution >= 0.6 is 15.9 Å². The van der Waals surface area contributed by atoms with Gasteiger partial charge in [-0.05, 0) is 52.9 Å². The van der Waals surface area contributed by atoms with Gasteiger partial charge in [-0.1, -0.05) is 20.8 Å². The third-order valence-corrected chi connectivity index (χ3v) is 5.36. The summed E-state index contributed by atoms with van der Waals surface area (Å²) in [5.41, 5.74) is 0.451. The van der Waals surface area contributed by atoms with Crippen LogP contribution < -0.4 is 0 Å². The van der Waals surface area contributed by atoms with Crippen LogP contribution in [0.5, 0.6) is 0 Å². The van der Waals surface area contributed by atoms with Crippen molar-refractivity contribution in [3.63, 3.8) is 0 Å². The van der Waals surface area contributed by atoms with Crippen LogP contribution in [0.2, 0.25) is 0 Å². The molecule has 1 aromatic rings. The maximum Gasteiger partial charge on any atom is 0.107 e. The highest BCUT2D eigenvalue weighted by molar-refractivity contribution is 9.10. The fourth-order valence-electron chi connectivity index (χ4n) is 3.37. The number of rotatable bonds is 4. The van der Waals surface area contributed by atoms with Gasteiger partial charge in [0, 0.05) is 7.11 Å². The van der Waals surface area contributed by atoms with Crippen molar-refractivity contribution in [3.05, 3.63) is 16.4 Å². The average molecular weight is 359 g/mol. The molecule has 1 aliphatic carbocycles. The van der Waals surface area contributed by atoms with E-state index in [1.807, 2.05) is 4.68 Å². The molecule has 1 aliphatic rings. The van der Waals surface area contributed by atoms with E-state index in [1.54, 1.807) is 13.3 Å². The van der Waals surface area contributed by atoms with Crippen LogP contribution in [-0.4, -0.2) is 28.6 Å². The van der Waals surface area contributed by atoms with E-state index < -0.39 is 5.60 Å². The first kappa shape index (κ1) is 17.0. The van der Waals surface area contributed by atoms with Crippen molar-refractivity contribution in [2.45, 2.75) is 58.6 Å². The Morgan fingerprint density at radius 1 is 1.43 bits per heavy atom. The molecule has 1 heterocycles. The Balaban J connectivity index is 2.17. The maximum atomic E-state index is 11.1. The van der Waals surface area contributed by atoms with Crippen LogP contribution in [-0.2, 0) is 16.9 Å². The molecule has 1 saturated carbocycles. The first-order valence-electron chi connectivity index (χ1n) is 7.71. The molecule has 0 bridgehead atoms. The Labute approximate surface area is 136 Å². The molecule has 0 amide bonds. The molecule has 21 heavy (non-hydrogen) atoms. The van der Waals surface area contributed by atoms with Gasteiger partial charge in [-0.25, -0.2) is 0 Å². The van der Waals surface area contributed by atoms with E-state index in [1.165, 1.54) is 0 Å². The minimum absolute atomic E-state index is 0.314. The van der Waals surface area contributed by atoms with E-state index in [0.717, 1.165) is 35.8 Å². The van der Waals surface area contributed by atoms with E-state index in [9.17, 15) is 5.11 Å². The lowest BCUT2D eigenvalue weighted by atomic mass is 9.67. The summed E-state index contributed by atoms with van der Waals surface area (Å²) in [5.74, 6) is 0.673. The standard InChI is InChI=1S/C16H27BrN2O2/c1-15(2,3)12-5-7-16(20,8-6-12)14-13(17)11-18-19(14)9-10-21-4/h11-12,20H,5-10H2,1-4H3. The molecule has 0 saturated heterocycles. The zero-order valence-corrected chi connectivity index (χ0v) is 15.1. The highest BCUT2D eigenvalue weighted by atomic mass is 79.9. The zero-order valence-electron chi connectivity index (χ0n) is 13.5.